The molecule has 0 saturated heterocycles. The van der Waals surface area contributed by atoms with E-state index in [1.54, 1.807) is 13.0 Å². The van der Waals surface area contributed by atoms with Crippen LogP contribution in [0.25, 0.3) is 0 Å². The van der Waals surface area contributed by atoms with Gasteiger partial charge in [0.05, 0.1) is 4.90 Å². The van der Waals surface area contributed by atoms with Crippen LogP contribution < -0.4 is 16.2 Å². The highest BCUT2D eigenvalue weighted by molar-refractivity contribution is 14.1. The molecule has 0 aliphatic rings. The van der Waals surface area contributed by atoms with Gasteiger partial charge in [0.25, 0.3) is 0 Å². The van der Waals surface area contributed by atoms with Gasteiger partial charge in [-0.1, -0.05) is 6.07 Å². The molecule has 0 amide bonds. The number of hydrogen-bond acceptors (Lipinski definition) is 4. The molecule has 106 valence electrons. The maximum atomic E-state index is 11.6. The summed E-state index contributed by atoms with van der Waals surface area (Å²) in [5.74, 6) is 0. The van der Waals surface area contributed by atoms with Crippen LogP contribution >= 0.6 is 22.6 Å². The molecule has 5 N–H and O–H groups in total. The molecule has 2 rings (SSSR count). The lowest BCUT2D eigenvalue weighted by molar-refractivity contribution is 0.597. The van der Waals surface area contributed by atoms with Crippen LogP contribution in [0, 0.1) is 10.5 Å². The molecule has 2 aromatic carbocycles. The molecule has 0 unspecified atom stereocenters. The number of anilines is 3. The summed E-state index contributed by atoms with van der Waals surface area (Å²) >= 11 is 2.20. The van der Waals surface area contributed by atoms with Gasteiger partial charge >= 0.3 is 0 Å². The fourth-order valence-electron chi connectivity index (χ4n) is 1.86. The Kier molecular flexibility index (Phi) is 4.21. The Labute approximate surface area is 131 Å². The van der Waals surface area contributed by atoms with Crippen LogP contribution in [0.5, 0.6) is 0 Å². The minimum absolute atomic E-state index is 0.0330. The Morgan fingerprint density at radius 3 is 2.50 bits per heavy atom. The minimum Gasteiger partial charge on any atom is -0.399 e. The van der Waals surface area contributed by atoms with Crippen LogP contribution in [0.4, 0.5) is 17.1 Å². The molecule has 0 saturated carbocycles. The van der Waals surface area contributed by atoms with Crippen molar-refractivity contribution in [3.05, 3.63) is 45.5 Å². The lowest BCUT2D eigenvalue weighted by atomic mass is 10.1. The largest absolute Gasteiger partial charge is 0.399 e. The molecule has 0 atom stereocenters. The van der Waals surface area contributed by atoms with Crippen molar-refractivity contribution in [2.75, 3.05) is 11.1 Å². The average molecular weight is 403 g/mol. The summed E-state index contributed by atoms with van der Waals surface area (Å²) in [6.07, 6.45) is 0. The van der Waals surface area contributed by atoms with Gasteiger partial charge in [-0.15, -0.1) is 0 Å². The van der Waals surface area contributed by atoms with Crippen LogP contribution in [0.3, 0.4) is 0 Å². The van der Waals surface area contributed by atoms with E-state index in [0.29, 0.717) is 16.9 Å². The number of rotatable bonds is 3. The monoisotopic (exact) mass is 403 g/mol. The lowest BCUT2D eigenvalue weighted by Gasteiger charge is -2.14. The second-order valence-corrected chi connectivity index (χ2v) is 7.15. The Morgan fingerprint density at radius 1 is 1.20 bits per heavy atom. The molecule has 2 aromatic rings. The number of halogens is 1. The van der Waals surface area contributed by atoms with Crippen molar-refractivity contribution in [3.63, 3.8) is 0 Å². The third-order valence-electron chi connectivity index (χ3n) is 2.79. The van der Waals surface area contributed by atoms with E-state index >= 15 is 0 Å². The second kappa shape index (κ2) is 5.58. The molecule has 5 nitrogen and oxygen atoms in total. The fourth-order valence-corrected chi connectivity index (χ4v) is 3.24. The van der Waals surface area contributed by atoms with Crippen molar-refractivity contribution in [1.82, 2.24) is 0 Å². The molecule has 0 bridgehead atoms. The van der Waals surface area contributed by atoms with E-state index < -0.39 is 10.0 Å². The van der Waals surface area contributed by atoms with E-state index in [0.717, 1.165) is 9.26 Å². The Bertz CT molecular complexity index is 760. The van der Waals surface area contributed by atoms with Crippen molar-refractivity contribution < 1.29 is 8.42 Å². The van der Waals surface area contributed by atoms with Crippen LogP contribution in [0.2, 0.25) is 0 Å². The predicted molar refractivity (Wildman–Crippen MR) is 89.4 cm³/mol. The standard InChI is InChI=1S/C13H14IN3O2S/c1-8-12(17-11-4-2-3-9(14)5-11)6-10(15)7-13(8)20(16,18)19/h2-7,17H,15H2,1H3,(H2,16,18,19). The number of nitrogen functional groups attached to an aromatic ring is 1. The molecule has 20 heavy (non-hydrogen) atoms. The summed E-state index contributed by atoms with van der Waals surface area (Å²) in [6.45, 7) is 1.69. The first-order valence-corrected chi connectivity index (χ1v) is 8.35. The van der Waals surface area contributed by atoms with Gasteiger partial charge in [0, 0.05) is 20.6 Å². The zero-order chi connectivity index (χ0) is 14.9. The second-order valence-electron chi connectivity index (χ2n) is 4.37. The van der Waals surface area contributed by atoms with Gasteiger partial charge in [-0.05, 0) is 65.4 Å². The first-order valence-electron chi connectivity index (χ1n) is 5.73. The van der Waals surface area contributed by atoms with Crippen LogP contribution in [0.1, 0.15) is 5.56 Å². The highest BCUT2D eigenvalue weighted by atomic mass is 127. The summed E-state index contributed by atoms with van der Waals surface area (Å²) in [5, 5.41) is 8.36. The number of primary sulfonamides is 1. The molecule has 0 aromatic heterocycles. The van der Waals surface area contributed by atoms with Gasteiger partial charge in [-0.2, -0.15) is 0 Å². The molecule has 0 heterocycles. The van der Waals surface area contributed by atoms with Gasteiger partial charge in [-0.25, -0.2) is 13.6 Å². The van der Waals surface area contributed by atoms with Crippen molar-refractivity contribution in [2.45, 2.75) is 11.8 Å². The van der Waals surface area contributed by atoms with Crippen LogP contribution in [0.15, 0.2) is 41.3 Å². The number of nitrogens with one attached hydrogen (secondary N) is 1. The van der Waals surface area contributed by atoms with Crippen LogP contribution in [-0.4, -0.2) is 8.42 Å². The van der Waals surface area contributed by atoms with Crippen LogP contribution in [-0.2, 0) is 10.0 Å². The predicted octanol–water partition coefficient (Wildman–Crippen LogP) is 2.57. The number of hydrogen-bond donors (Lipinski definition) is 3. The Balaban J connectivity index is 2.50. The molecular formula is C13H14IN3O2S. The minimum atomic E-state index is -3.80. The van der Waals surface area contributed by atoms with E-state index in [4.69, 9.17) is 10.9 Å². The molecule has 0 radical (unpaired) electrons. The zero-order valence-corrected chi connectivity index (χ0v) is 13.7. The van der Waals surface area contributed by atoms with Crippen molar-refractivity contribution in [1.29, 1.82) is 0 Å². The summed E-state index contributed by atoms with van der Waals surface area (Å²) in [6, 6.07) is 10.8. The molecular weight excluding hydrogens is 389 g/mol. The van der Waals surface area contributed by atoms with Gasteiger partial charge < -0.3 is 11.1 Å². The lowest BCUT2D eigenvalue weighted by Crippen LogP contribution is -2.15. The molecule has 7 heteroatoms. The maximum absolute atomic E-state index is 11.6. The summed E-state index contributed by atoms with van der Waals surface area (Å²) in [4.78, 5) is 0.0330. The van der Waals surface area contributed by atoms with Crippen molar-refractivity contribution in [3.8, 4) is 0 Å². The van der Waals surface area contributed by atoms with E-state index in [1.807, 2.05) is 24.3 Å². The summed E-state index contributed by atoms with van der Waals surface area (Å²) < 4.78 is 24.2. The number of benzene rings is 2. The first-order chi connectivity index (χ1) is 9.27. The zero-order valence-electron chi connectivity index (χ0n) is 10.7. The highest BCUT2D eigenvalue weighted by Crippen LogP contribution is 2.29. The smallest absolute Gasteiger partial charge is 0.238 e. The molecule has 0 spiro atoms. The normalized spacial score (nSPS) is 11.3. The summed E-state index contributed by atoms with van der Waals surface area (Å²) in [5.41, 5.74) is 8.10. The maximum Gasteiger partial charge on any atom is 0.238 e. The number of nitrogens with two attached hydrogens (primary N) is 2. The third kappa shape index (κ3) is 3.41. The summed E-state index contributed by atoms with van der Waals surface area (Å²) in [7, 11) is -3.80. The Morgan fingerprint density at radius 2 is 1.90 bits per heavy atom. The highest BCUT2D eigenvalue weighted by Gasteiger charge is 2.15. The Hall–Kier alpha value is -1.32. The van der Waals surface area contributed by atoms with Gasteiger partial charge in [0.1, 0.15) is 0 Å². The van der Waals surface area contributed by atoms with Crippen molar-refractivity contribution in [2.24, 2.45) is 5.14 Å². The van der Waals surface area contributed by atoms with Crippen molar-refractivity contribution >= 4 is 49.7 Å². The van der Waals surface area contributed by atoms with Gasteiger partial charge in [0.15, 0.2) is 0 Å². The number of sulfonamides is 1. The molecule has 0 fully saturated rings. The van der Waals surface area contributed by atoms with E-state index in [9.17, 15) is 8.42 Å². The topological polar surface area (TPSA) is 98.2 Å². The van der Waals surface area contributed by atoms with Gasteiger partial charge in [0.2, 0.25) is 10.0 Å². The fraction of sp³-hybridized carbons (Fsp3) is 0.0769. The SMILES string of the molecule is Cc1c(Nc2cccc(I)c2)cc(N)cc1S(N)(=O)=O. The van der Waals surface area contributed by atoms with E-state index in [2.05, 4.69) is 27.9 Å². The molecule has 0 aliphatic carbocycles. The van der Waals surface area contributed by atoms with E-state index in [1.165, 1.54) is 6.07 Å². The third-order valence-corrected chi connectivity index (χ3v) is 4.50. The van der Waals surface area contributed by atoms with Gasteiger partial charge in [-0.3, -0.25) is 0 Å². The molecule has 0 aliphatic heterocycles. The first kappa shape index (κ1) is 15.1. The average Bonchev–Trinajstić information content (AvgIpc) is 2.32. The quantitative estimate of drug-likeness (QED) is 0.542. The van der Waals surface area contributed by atoms with E-state index in [-0.39, 0.29) is 4.90 Å².